The lowest BCUT2D eigenvalue weighted by Gasteiger charge is -2.44. The summed E-state index contributed by atoms with van der Waals surface area (Å²) in [5, 5.41) is 0. The van der Waals surface area contributed by atoms with E-state index >= 15 is 0 Å². The van der Waals surface area contributed by atoms with E-state index < -0.39 is 76.2 Å². The van der Waals surface area contributed by atoms with Crippen molar-refractivity contribution in [1.29, 1.82) is 0 Å². The Morgan fingerprint density at radius 1 is 0.923 bits per heavy atom. The summed E-state index contributed by atoms with van der Waals surface area (Å²) in [7, 11) is 0. The van der Waals surface area contributed by atoms with Gasteiger partial charge in [0, 0.05) is 23.6 Å². The number of fused-ring (bicyclic) bond motifs is 1. The zero-order valence-corrected chi connectivity index (χ0v) is 20.4. The number of hydrogen-bond donors (Lipinski definition) is 0. The molecule has 5 nitrogen and oxygen atoms in total. The summed E-state index contributed by atoms with van der Waals surface area (Å²) in [6, 6.07) is 1.16. The van der Waals surface area contributed by atoms with Gasteiger partial charge in [-0.25, -0.2) is 4.79 Å². The van der Waals surface area contributed by atoms with E-state index in [-0.39, 0.29) is 36.9 Å². The molecule has 0 fully saturated rings. The molecule has 2 aromatic carbocycles. The van der Waals surface area contributed by atoms with Crippen LogP contribution in [0.4, 0.5) is 50.0 Å². The van der Waals surface area contributed by atoms with Crippen LogP contribution in [0.1, 0.15) is 59.3 Å². The van der Waals surface area contributed by atoms with Gasteiger partial charge in [0.05, 0.1) is 29.0 Å². The second-order valence-electron chi connectivity index (χ2n) is 8.71. The minimum absolute atomic E-state index is 0.0697. The molecular formula is C25H21F9N2O3. The normalized spacial score (nSPS) is 19.9. The Hall–Kier alpha value is -3.58. The summed E-state index contributed by atoms with van der Waals surface area (Å²) in [5.41, 5.74) is -9.27. The molecule has 39 heavy (non-hydrogen) atoms. The van der Waals surface area contributed by atoms with Crippen molar-refractivity contribution in [3.05, 3.63) is 64.2 Å². The third kappa shape index (κ3) is 5.59. The lowest BCUT2D eigenvalue weighted by molar-refractivity contribution is -0.143. The number of Topliss-reactive ketones (excluding diaryl/α,β-unsaturated/α-hetero) is 1. The monoisotopic (exact) mass is 568 g/mol. The summed E-state index contributed by atoms with van der Waals surface area (Å²) in [6.45, 7) is 6.19. The van der Waals surface area contributed by atoms with Gasteiger partial charge in [-0.2, -0.15) is 39.5 Å². The fourth-order valence-corrected chi connectivity index (χ4v) is 4.52. The number of ether oxygens (including phenoxy) is 1. The molecule has 3 rings (SSSR count). The number of carbonyl (C=O) groups excluding carboxylic acids is 2. The molecule has 0 bridgehead atoms. The molecule has 0 spiro atoms. The van der Waals surface area contributed by atoms with Crippen LogP contribution in [0.15, 0.2) is 41.4 Å². The SMILES string of the molecule is C=N[C@]1(C(=O)c2cc(C(F)(F)F)cc(C(F)(F)F)c2)C[C@@H](CC)N(C(=O)OCC)c2ccc(C(F)(F)F)cc21. The minimum Gasteiger partial charge on any atom is -0.449 e. The first-order chi connectivity index (χ1) is 17.9. The zero-order chi connectivity index (χ0) is 29.6. The van der Waals surface area contributed by atoms with Crippen molar-refractivity contribution in [2.75, 3.05) is 11.5 Å². The number of alkyl halides is 9. The topological polar surface area (TPSA) is 59.0 Å². The maximum Gasteiger partial charge on any atom is 0.416 e. The molecule has 2 atom stereocenters. The zero-order valence-electron chi connectivity index (χ0n) is 20.4. The smallest absolute Gasteiger partial charge is 0.416 e. The van der Waals surface area contributed by atoms with E-state index in [9.17, 15) is 49.1 Å². The van der Waals surface area contributed by atoms with Gasteiger partial charge >= 0.3 is 24.6 Å². The van der Waals surface area contributed by atoms with Crippen LogP contribution in [0.25, 0.3) is 0 Å². The Kier molecular flexibility index (Phi) is 7.83. The predicted molar refractivity (Wildman–Crippen MR) is 122 cm³/mol. The Balaban J connectivity index is 2.37. The minimum atomic E-state index is -5.29. The van der Waals surface area contributed by atoms with Gasteiger partial charge in [-0.1, -0.05) is 6.92 Å². The highest BCUT2D eigenvalue weighted by molar-refractivity contribution is 6.07. The van der Waals surface area contributed by atoms with E-state index in [0.29, 0.717) is 12.1 Å². The molecule has 1 aliphatic rings. The second-order valence-corrected chi connectivity index (χ2v) is 8.71. The molecule has 0 saturated heterocycles. The second kappa shape index (κ2) is 10.2. The van der Waals surface area contributed by atoms with Crippen LogP contribution in [-0.4, -0.2) is 31.2 Å². The van der Waals surface area contributed by atoms with Crippen LogP contribution in [0.2, 0.25) is 0 Å². The number of hydrogen-bond acceptors (Lipinski definition) is 4. The molecule has 1 amide bonds. The highest BCUT2D eigenvalue weighted by Gasteiger charge is 2.51. The fourth-order valence-electron chi connectivity index (χ4n) is 4.52. The molecular weight excluding hydrogens is 547 g/mol. The lowest BCUT2D eigenvalue weighted by atomic mass is 9.73. The number of anilines is 1. The lowest BCUT2D eigenvalue weighted by Crippen LogP contribution is -2.52. The number of rotatable bonds is 5. The van der Waals surface area contributed by atoms with Crippen LogP contribution in [0, 0.1) is 0 Å². The first kappa shape index (κ1) is 30.0. The van der Waals surface area contributed by atoms with Gasteiger partial charge in [0.25, 0.3) is 0 Å². The van der Waals surface area contributed by atoms with Gasteiger partial charge in [-0.3, -0.25) is 14.7 Å². The van der Waals surface area contributed by atoms with E-state index in [4.69, 9.17) is 4.74 Å². The van der Waals surface area contributed by atoms with Crippen LogP contribution in [0.3, 0.4) is 0 Å². The Labute approximate surface area is 216 Å². The number of carbonyl (C=O) groups is 2. The highest BCUT2D eigenvalue weighted by Crippen LogP contribution is 2.49. The van der Waals surface area contributed by atoms with Crippen molar-refractivity contribution >= 4 is 24.3 Å². The van der Waals surface area contributed by atoms with Gasteiger partial charge in [0.15, 0.2) is 11.3 Å². The number of ketones is 1. The van der Waals surface area contributed by atoms with Crippen molar-refractivity contribution in [2.45, 2.75) is 56.8 Å². The first-order valence-electron chi connectivity index (χ1n) is 11.4. The van der Waals surface area contributed by atoms with Gasteiger partial charge in [0.1, 0.15) is 0 Å². The summed E-state index contributed by atoms with van der Waals surface area (Å²) in [5.74, 6) is -1.45. The van der Waals surface area contributed by atoms with E-state index in [1.54, 1.807) is 6.92 Å². The van der Waals surface area contributed by atoms with Gasteiger partial charge in [-0.15, -0.1) is 0 Å². The third-order valence-corrected chi connectivity index (χ3v) is 6.36. The highest BCUT2D eigenvalue weighted by atomic mass is 19.4. The van der Waals surface area contributed by atoms with Crippen molar-refractivity contribution in [3.8, 4) is 0 Å². The van der Waals surface area contributed by atoms with Crippen LogP contribution in [-0.2, 0) is 28.8 Å². The van der Waals surface area contributed by atoms with Crippen molar-refractivity contribution in [2.24, 2.45) is 4.99 Å². The summed E-state index contributed by atoms with van der Waals surface area (Å²) in [4.78, 5) is 31.3. The fraction of sp³-hybridized carbons (Fsp3) is 0.400. The summed E-state index contributed by atoms with van der Waals surface area (Å²) >= 11 is 0. The van der Waals surface area contributed by atoms with Gasteiger partial charge < -0.3 is 4.74 Å². The summed E-state index contributed by atoms with van der Waals surface area (Å²) < 4.78 is 127. The van der Waals surface area contributed by atoms with Gasteiger partial charge in [0.2, 0.25) is 0 Å². The average Bonchev–Trinajstić information content (AvgIpc) is 2.85. The molecule has 212 valence electrons. The van der Waals surface area contributed by atoms with Crippen LogP contribution < -0.4 is 4.90 Å². The molecule has 0 aromatic heterocycles. The van der Waals surface area contributed by atoms with Crippen molar-refractivity contribution in [3.63, 3.8) is 0 Å². The first-order valence-corrected chi connectivity index (χ1v) is 11.4. The molecule has 0 N–H and O–H groups in total. The average molecular weight is 568 g/mol. The Bertz CT molecular complexity index is 1250. The number of amides is 1. The number of nitrogens with zero attached hydrogens (tertiary/aromatic N) is 2. The van der Waals surface area contributed by atoms with Crippen LogP contribution >= 0.6 is 0 Å². The molecule has 1 heterocycles. The van der Waals surface area contributed by atoms with E-state index in [0.717, 1.165) is 11.0 Å². The molecule has 0 unspecified atom stereocenters. The Morgan fingerprint density at radius 3 is 1.90 bits per heavy atom. The predicted octanol–water partition coefficient (Wildman–Crippen LogP) is 7.67. The van der Waals surface area contributed by atoms with E-state index in [2.05, 4.69) is 11.7 Å². The maximum atomic E-state index is 13.8. The standard InChI is InChI=1S/C25H21F9N2O3/c1-4-17-12-22(35-3,20(37)13-8-15(24(29,30)31)10-16(9-13)25(32,33)34)18-11-14(23(26,27)28)6-7-19(18)36(17)21(38)39-5-2/h6-11,17H,3-5,12H2,1-2H3/t17-,22-/m1/s1. The van der Waals surface area contributed by atoms with Crippen molar-refractivity contribution < 1.29 is 53.8 Å². The molecule has 2 aromatic rings. The van der Waals surface area contributed by atoms with Gasteiger partial charge in [-0.05, 0) is 56.5 Å². The quantitative estimate of drug-likeness (QED) is 0.211. The third-order valence-electron chi connectivity index (χ3n) is 6.36. The van der Waals surface area contributed by atoms with Crippen LogP contribution in [0.5, 0.6) is 0 Å². The summed E-state index contributed by atoms with van der Waals surface area (Å²) in [6.07, 6.45) is -17.0. The number of benzene rings is 2. The number of aliphatic imine (C=N–C) groups is 1. The molecule has 1 aliphatic heterocycles. The molecule has 0 radical (unpaired) electrons. The molecule has 0 saturated carbocycles. The number of halogens is 9. The van der Waals surface area contributed by atoms with E-state index in [1.165, 1.54) is 6.92 Å². The van der Waals surface area contributed by atoms with E-state index in [1.807, 2.05) is 0 Å². The molecule has 0 aliphatic carbocycles. The Morgan fingerprint density at radius 2 is 1.46 bits per heavy atom. The largest absolute Gasteiger partial charge is 0.449 e. The van der Waals surface area contributed by atoms with Crippen molar-refractivity contribution in [1.82, 2.24) is 0 Å². The molecule has 14 heteroatoms. The maximum absolute atomic E-state index is 13.8.